The molecule has 0 saturated carbocycles. The number of benzene rings is 1. The molecule has 0 bridgehead atoms. The van der Waals surface area contributed by atoms with Gasteiger partial charge in [0.1, 0.15) is 5.60 Å². The summed E-state index contributed by atoms with van der Waals surface area (Å²) < 4.78 is 32.9. The molecule has 1 aromatic carbocycles. The Balaban J connectivity index is 2.74. The third kappa shape index (κ3) is 8.36. The molecule has 0 heterocycles. The molecular weight excluding hydrogens is 340 g/mol. The lowest BCUT2D eigenvalue weighted by atomic mass is 10.1. The fourth-order valence-corrected chi connectivity index (χ4v) is 3.94. The maximum Gasteiger partial charge on any atom is 0.407 e. The largest absolute Gasteiger partial charge is 0.444 e. The van der Waals surface area contributed by atoms with E-state index < -0.39 is 27.8 Å². The van der Waals surface area contributed by atoms with Gasteiger partial charge in [0, 0.05) is 12.1 Å². The molecule has 142 valence electrons. The Labute approximate surface area is 151 Å². The predicted molar refractivity (Wildman–Crippen MR) is 99.8 cm³/mol. The molecule has 6 nitrogen and oxygen atoms in total. The van der Waals surface area contributed by atoms with Crippen LogP contribution in [-0.4, -0.2) is 31.9 Å². The third-order valence-corrected chi connectivity index (χ3v) is 5.07. The van der Waals surface area contributed by atoms with Crippen molar-refractivity contribution in [3.8, 4) is 0 Å². The molecule has 7 heteroatoms. The van der Waals surface area contributed by atoms with Crippen LogP contribution in [0.25, 0.3) is 0 Å². The molecule has 2 N–H and O–H groups in total. The fraction of sp³-hybridized carbons (Fsp3) is 0.611. The van der Waals surface area contributed by atoms with Crippen molar-refractivity contribution in [1.29, 1.82) is 0 Å². The molecule has 0 aliphatic heterocycles. The number of rotatable bonds is 7. The molecule has 2 atom stereocenters. The number of nitrogens with one attached hydrogen (secondary N) is 2. The van der Waals surface area contributed by atoms with Gasteiger partial charge in [-0.05, 0) is 39.2 Å². The van der Waals surface area contributed by atoms with E-state index in [1.165, 1.54) is 0 Å². The smallest absolute Gasteiger partial charge is 0.407 e. The topological polar surface area (TPSA) is 84.5 Å². The third-order valence-electron chi connectivity index (χ3n) is 3.56. The van der Waals surface area contributed by atoms with Crippen LogP contribution in [0.1, 0.15) is 53.1 Å². The first kappa shape index (κ1) is 21.4. The quantitative estimate of drug-likeness (QED) is 0.772. The van der Waals surface area contributed by atoms with Crippen LogP contribution in [0, 0.1) is 5.92 Å². The molecular formula is C18H30N2O4S. The standard InChI is InChI=1S/C18H30N2O4S/c1-13(2)16(19-17(21)24-18(4,5)6)12-25(22,23)20-14(3)15-10-8-7-9-11-15/h7-11,13-14,16,20H,12H2,1-6H3,(H,19,21)/t14-,16+/m0/s1. The SMILES string of the molecule is CC(C)[C@@H](CS(=O)(=O)N[C@@H](C)c1ccccc1)NC(=O)OC(C)(C)C. The molecule has 1 rings (SSSR count). The van der Waals surface area contributed by atoms with Gasteiger partial charge in [0.15, 0.2) is 0 Å². The summed E-state index contributed by atoms with van der Waals surface area (Å²) >= 11 is 0. The van der Waals surface area contributed by atoms with Crippen molar-refractivity contribution < 1.29 is 17.9 Å². The predicted octanol–water partition coefficient (Wildman–Crippen LogP) is 3.22. The number of hydrogen-bond donors (Lipinski definition) is 2. The molecule has 1 aromatic rings. The van der Waals surface area contributed by atoms with E-state index in [9.17, 15) is 13.2 Å². The molecule has 0 aliphatic carbocycles. The number of sulfonamides is 1. The second-order valence-corrected chi connectivity index (χ2v) is 9.33. The van der Waals surface area contributed by atoms with Crippen LogP contribution >= 0.6 is 0 Å². The van der Waals surface area contributed by atoms with E-state index in [-0.39, 0.29) is 17.7 Å². The summed E-state index contributed by atoms with van der Waals surface area (Å²) in [5.41, 5.74) is 0.247. The van der Waals surface area contributed by atoms with Gasteiger partial charge < -0.3 is 10.1 Å². The van der Waals surface area contributed by atoms with Crippen molar-refractivity contribution in [2.75, 3.05) is 5.75 Å². The zero-order valence-corrected chi connectivity index (χ0v) is 16.7. The zero-order valence-electron chi connectivity index (χ0n) is 15.9. The molecule has 0 aliphatic rings. The van der Waals surface area contributed by atoms with Crippen molar-refractivity contribution in [3.05, 3.63) is 35.9 Å². The molecule has 0 radical (unpaired) electrons. The summed E-state index contributed by atoms with van der Waals surface area (Å²) in [5.74, 6) is -0.266. The lowest BCUT2D eigenvalue weighted by molar-refractivity contribution is 0.0497. The van der Waals surface area contributed by atoms with E-state index in [2.05, 4.69) is 10.0 Å². The summed E-state index contributed by atoms with van der Waals surface area (Å²) in [6, 6.07) is 8.45. The second kappa shape index (κ2) is 8.67. The summed E-state index contributed by atoms with van der Waals surface area (Å²) in [7, 11) is -3.58. The molecule has 0 aromatic heterocycles. The number of ether oxygens (including phenoxy) is 1. The van der Waals surface area contributed by atoms with E-state index in [0.717, 1.165) is 5.56 Å². The minimum Gasteiger partial charge on any atom is -0.444 e. The number of hydrogen-bond acceptors (Lipinski definition) is 4. The van der Waals surface area contributed by atoms with E-state index >= 15 is 0 Å². The van der Waals surface area contributed by atoms with Gasteiger partial charge in [0.25, 0.3) is 0 Å². The van der Waals surface area contributed by atoms with Crippen molar-refractivity contribution in [1.82, 2.24) is 10.0 Å². The van der Waals surface area contributed by atoms with Gasteiger partial charge in [-0.2, -0.15) is 0 Å². The van der Waals surface area contributed by atoms with Crippen LogP contribution in [0.4, 0.5) is 4.79 Å². The van der Waals surface area contributed by atoms with Crippen LogP contribution in [-0.2, 0) is 14.8 Å². The van der Waals surface area contributed by atoms with Crippen molar-refractivity contribution >= 4 is 16.1 Å². The number of amides is 1. The van der Waals surface area contributed by atoms with E-state index in [4.69, 9.17) is 4.74 Å². The highest BCUT2D eigenvalue weighted by molar-refractivity contribution is 7.89. The van der Waals surface area contributed by atoms with Gasteiger partial charge >= 0.3 is 6.09 Å². The molecule has 0 saturated heterocycles. The molecule has 0 unspecified atom stereocenters. The minimum absolute atomic E-state index is 0.0591. The summed E-state index contributed by atoms with van der Waals surface area (Å²) in [6.07, 6.45) is -0.613. The Morgan fingerprint density at radius 3 is 2.16 bits per heavy atom. The minimum atomic E-state index is -3.58. The van der Waals surface area contributed by atoms with E-state index in [1.54, 1.807) is 27.7 Å². The monoisotopic (exact) mass is 370 g/mol. The second-order valence-electron chi connectivity index (χ2n) is 7.53. The van der Waals surface area contributed by atoms with Crippen LogP contribution < -0.4 is 10.0 Å². The summed E-state index contributed by atoms with van der Waals surface area (Å²) in [4.78, 5) is 12.0. The van der Waals surface area contributed by atoms with E-state index in [0.29, 0.717) is 0 Å². The zero-order chi connectivity index (χ0) is 19.3. The van der Waals surface area contributed by atoms with Crippen molar-refractivity contribution in [3.63, 3.8) is 0 Å². The van der Waals surface area contributed by atoms with Crippen LogP contribution in [0.2, 0.25) is 0 Å². The highest BCUT2D eigenvalue weighted by Gasteiger charge is 2.27. The Morgan fingerprint density at radius 2 is 1.68 bits per heavy atom. The first-order valence-corrected chi connectivity index (χ1v) is 10.1. The maximum atomic E-state index is 12.5. The van der Waals surface area contributed by atoms with Gasteiger partial charge in [-0.15, -0.1) is 0 Å². The average Bonchev–Trinajstić information content (AvgIpc) is 2.44. The van der Waals surface area contributed by atoms with Gasteiger partial charge in [-0.25, -0.2) is 17.9 Å². The Hall–Kier alpha value is -1.60. The highest BCUT2D eigenvalue weighted by atomic mass is 32.2. The molecule has 0 spiro atoms. The van der Waals surface area contributed by atoms with Crippen LogP contribution in [0.15, 0.2) is 30.3 Å². The lowest BCUT2D eigenvalue weighted by Gasteiger charge is -2.26. The van der Waals surface area contributed by atoms with Crippen LogP contribution in [0.5, 0.6) is 0 Å². The molecule has 1 amide bonds. The molecule has 25 heavy (non-hydrogen) atoms. The first-order chi connectivity index (χ1) is 11.4. The van der Waals surface area contributed by atoms with Crippen molar-refractivity contribution in [2.45, 2.75) is 59.2 Å². The number of alkyl carbamates (subject to hydrolysis) is 1. The van der Waals surface area contributed by atoms with Gasteiger partial charge in [-0.1, -0.05) is 44.2 Å². The number of carbonyl (C=O) groups is 1. The Morgan fingerprint density at radius 1 is 1.12 bits per heavy atom. The maximum absolute atomic E-state index is 12.5. The van der Waals surface area contributed by atoms with Gasteiger partial charge in [0.05, 0.1) is 5.75 Å². The van der Waals surface area contributed by atoms with Crippen molar-refractivity contribution in [2.24, 2.45) is 5.92 Å². The first-order valence-electron chi connectivity index (χ1n) is 8.44. The normalized spacial score (nSPS) is 14.8. The van der Waals surface area contributed by atoms with Gasteiger partial charge in [-0.3, -0.25) is 0 Å². The van der Waals surface area contributed by atoms with Gasteiger partial charge in [0.2, 0.25) is 10.0 Å². The fourth-order valence-electron chi connectivity index (χ4n) is 2.22. The molecule has 0 fully saturated rings. The lowest BCUT2D eigenvalue weighted by Crippen LogP contribution is -2.47. The Bertz CT molecular complexity index is 651. The summed E-state index contributed by atoms with van der Waals surface area (Å²) in [6.45, 7) is 10.8. The average molecular weight is 371 g/mol. The summed E-state index contributed by atoms with van der Waals surface area (Å²) in [5, 5.41) is 2.66. The van der Waals surface area contributed by atoms with E-state index in [1.807, 2.05) is 44.2 Å². The number of carbonyl (C=O) groups excluding carboxylic acids is 1. The Kier molecular flexibility index (Phi) is 7.44. The van der Waals surface area contributed by atoms with Crippen LogP contribution in [0.3, 0.4) is 0 Å². The highest BCUT2D eigenvalue weighted by Crippen LogP contribution is 2.14.